The minimum atomic E-state index is 0.173. The lowest BCUT2D eigenvalue weighted by atomic mass is 10.2. The molecule has 2 aromatic rings. The smallest absolute Gasteiger partial charge is 0.162 e. The Morgan fingerprint density at radius 2 is 2.29 bits per heavy atom. The molecule has 0 spiro atoms. The van der Waals surface area contributed by atoms with Crippen molar-refractivity contribution in [2.24, 2.45) is 7.05 Å². The van der Waals surface area contributed by atoms with Crippen molar-refractivity contribution >= 4 is 5.69 Å². The molecule has 1 heterocycles. The highest BCUT2D eigenvalue weighted by molar-refractivity contribution is 5.48. The van der Waals surface area contributed by atoms with Crippen LogP contribution < -0.4 is 10.1 Å². The van der Waals surface area contributed by atoms with Crippen molar-refractivity contribution in [3.8, 4) is 11.5 Å². The van der Waals surface area contributed by atoms with Crippen LogP contribution in [0.15, 0.2) is 30.6 Å². The third-order valence-corrected chi connectivity index (χ3v) is 2.49. The van der Waals surface area contributed by atoms with Crippen LogP contribution in [0, 0.1) is 0 Å². The Bertz CT molecular complexity index is 508. The molecule has 17 heavy (non-hydrogen) atoms. The molecule has 5 heteroatoms. The third-order valence-electron chi connectivity index (χ3n) is 2.49. The molecule has 0 amide bonds. The molecule has 0 aliphatic carbocycles. The molecule has 0 aliphatic heterocycles. The second-order valence-corrected chi connectivity index (χ2v) is 3.72. The number of nitrogens with zero attached hydrogens (tertiary/aromatic N) is 2. The van der Waals surface area contributed by atoms with Gasteiger partial charge in [-0.25, -0.2) is 0 Å². The number of hydrogen-bond acceptors (Lipinski definition) is 4. The lowest BCUT2D eigenvalue weighted by Gasteiger charge is -2.09. The summed E-state index contributed by atoms with van der Waals surface area (Å²) in [6.07, 6.45) is 3.61. The molecule has 0 fully saturated rings. The predicted octanol–water partition coefficient (Wildman–Crippen LogP) is 1.75. The zero-order valence-corrected chi connectivity index (χ0v) is 9.84. The maximum absolute atomic E-state index is 9.89. The average molecular weight is 233 g/mol. The Morgan fingerprint density at radius 3 is 2.94 bits per heavy atom. The number of aromatic hydroxyl groups is 1. The number of methoxy groups -OCH3 is 1. The average Bonchev–Trinajstić information content (AvgIpc) is 2.74. The zero-order chi connectivity index (χ0) is 12.3. The topological polar surface area (TPSA) is 59.3 Å². The normalized spacial score (nSPS) is 10.2. The lowest BCUT2D eigenvalue weighted by Crippen LogP contribution is -1.99. The second kappa shape index (κ2) is 4.78. The molecule has 1 aromatic heterocycles. The van der Waals surface area contributed by atoms with Crippen molar-refractivity contribution in [1.29, 1.82) is 0 Å². The molecule has 2 N–H and O–H groups in total. The highest BCUT2D eigenvalue weighted by Gasteiger charge is 2.06. The summed E-state index contributed by atoms with van der Waals surface area (Å²) in [6.45, 7) is 0.523. The van der Waals surface area contributed by atoms with Crippen LogP contribution in [0.5, 0.6) is 11.5 Å². The summed E-state index contributed by atoms with van der Waals surface area (Å²) in [7, 11) is 3.39. The largest absolute Gasteiger partial charge is 0.504 e. The number of phenolic OH excluding ortho intramolecular Hbond substituents is 1. The van der Waals surface area contributed by atoms with Gasteiger partial charge in [-0.1, -0.05) is 12.1 Å². The number of benzene rings is 1. The fourth-order valence-electron chi connectivity index (χ4n) is 1.58. The number of aromatic nitrogens is 2. The Hall–Kier alpha value is -2.17. The number of ether oxygens (including phenoxy) is 1. The first-order valence-electron chi connectivity index (χ1n) is 5.28. The third kappa shape index (κ3) is 2.50. The quantitative estimate of drug-likeness (QED) is 0.844. The van der Waals surface area contributed by atoms with Gasteiger partial charge >= 0.3 is 0 Å². The molecule has 1 aromatic carbocycles. The number of para-hydroxylation sites is 1. The van der Waals surface area contributed by atoms with Gasteiger partial charge in [0.05, 0.1) is 19.0 Å². The first-order valence-corrected chi connectivity index (χ1v) is 5.28. The van der Waals surface area contributed by atoms with Crippen molar-refractivity contribution < 1.29 is 9.84 Å². The highest BCUT2D eigenvalue weighted by atomic mass is 16.5. The van der Waals surface area contributed by atoms with Crippen LogP contribution in [0.3, 0.4) is 0 Å². The van der Waals surface area contributed by atoms with Crippen LogP contribution >= 0.6 is 0 Å². The van der Waals surface area contributed by atoms with E-state index in [-0.39, 0.29) is 5.75 Å². The first kappa shape index (κ1) is 11.3. The van der Waals surface area contributed by atoms with Crippen molar-refractivity contribution in [1.82, 2.24) is 9.78 Å². The van der Waals surface area contributed by atoms with Crippen molar-refractivity contribution in [2.45, 2.75) is 6.54 Å². The van der Waals surface area contributed by atoms with E-state index in [9.17, 15) is 5.11 Å². The van der Waals surface area contributed by atoms with Crippen molar-refractivity contribution in [3.63, 3.8) is 0 Å². The number of anilines is 1. The van der Waals surface area contributed by atoms with E-state index in [0.29, 0.717) is 12.3 Å². The van der Waals surface area contributed by atoms with Gasteiger partial charge in [0.15, 0.2) is 11.5 Å². The first-order chi connectivity index (χ1) is 8.20. The Labute approximate surface area is 99.6 Å². The summed E-state index contributed by atoms with van der Waals surface area (Å²) in [6, 6.07) is 5.42. The minimum absolute atomic E-state index is 0.173. The molecule has 0 atom stereocenters. The van der Waals surface area contributed by atoms with Crippen molar-refractivity contribution in [2.75, 3.05) is 12.4 Å². The molecular weight excluding hydrogens is 218 g/mol. The summed E-state index contributed by atoms with van der Waals surface area (Å²) in [5.74, 6) is 0.655. The maximum atomic E-state index is 9.89. The van der Waals surface area contributed by atoms with Gasteiger partial charge in [0.1, 0.15) is 0 Å². The van der Waals surface area contributed by atoms with Gasteiger partial charge in [-0.15, -0.1) is 0 Å². The van der Waals surface area contributed by atoms with Crippen LogP contribution in [-0.2, 0) is 13.6 Å². The lowest BCUT2D eigenvalue weighted by molar-refractivity contribution is 0.371. The summed E-state index contributed by atoms with van der Waals surface area (Å²) in [5, 5.41) is 17.1. The molecule has 0 bridgehead atoms. The van der Waals surface area contributed by atoms with E-state index in [1.807, 2.05) is 25.4 Å². The van der Waals surface area contributed by atoms with Crippen LogP contribution in [0.2, 0.25) is 0 Å². The van der Waals surface area contributed by atoms with Crippen LogP contribution in [-0.4, -0.2) is 22.0 Å². The Morgan fingerprint density at radius 1 is 1.47 bits per heavy atom. The van der Waals surface area contributed by atoms with Gasteiger partial charge in [-0.3, -0.25) is 4.68 Å². The molecule has 0 aliphatic rings. The molecule has 0 saturated carbocycles. The second-order valence-electron chi connectivity index (χ2n) is 3.72. The van der Waals surface area contributed by atoms with Crippen LogP contribution in [0.1, 0.15) is 5.56 Å². The van der Waals surface area contributed by atoms with E-state index in [1.165, 1.54) is 7.11 Å². The van der Waals surface area contributed by atoms with E-state index in [0.717, 1.165) is 11.3 Å². The minimum Gasteiger partial charge on any atom is -0.504 e. The molecule has 0 saturated heterocycles. The van der Waals surface area contributed by atoms with Crippen LogP contribution in [0.25, 0.3) is 0 Å². The Balaban J connectivity index is 2.09. The van der Waals surface area contributed by atoms with Gasteiger partial charge in [-0.05, 0) is 6.07 Å². The number of phenols is 1. The summed E-state index contributed by atoms with van der Waals surface area (Å²) in [4.78, 5) is 0. The standard InChI is InChI=1S/C12H15N3O2/c1-15-8-10(7-14-15)13-6-9-4-3-5-11(17-2)12(9)16/h3-5,7-8,13,16H,6H2,1-2H3. The van der Waals surface area contributed by atoms with E-state index in [1.54, 1.807) is 16.9 Å². The van der Waals surface area contributed by atoms with E-state index < -0.39 is 0 Å². The van der Waals surface area contributed by atoms with Crippen LogP contribution in [0.4, 0.5) is 5.69 Å². The van der Waals surface area contributed by atoms with E-state index in [2.05, 4.69) is 10.4 Å². The zero-order valence-electron chi connectivity index (χ0n) is 9.84. The Kier molecular flexibility index (Phi) is 3.18. The van der Waals surface area contributed by atoms with Crippen molar-refractivity contribution in [3.05, 3.63) is 36.2 Å². The number of rotatable bonds is 4. The van der Waals surface area contributed by atoms with Gasteiger partial charge in [-0.2, -0.15) is 5.10 Å². The summed E-state index contributed by atoms with van der Waals surface area (Å²) < 4.78 is 6.76. The number of hydrogen-bond donors (Lipinski definition) is 2. The molecule has 0 unspecified atom stereocenters. The fourth-order valence-corrected chi connectivity index (χ4v) is 1.58. The van der Waals surface area contributed by atoms with Gasteiger partial charge in [0, 0.05) is 25.4 Å². The van der Waals surface area contributed by atoms with Gasteiger partial charge < -0.3 is 15.2 Å². The van der Waals surface area contributed by atoms with Gasteiger partial charge in [0.25, 0.3) is 0 Å². The summed E-state index contributed by atoms with van der Waals surface area (Å²) in [5.41, 5.74) is 1.70. The molecule has 0 radical (unpaired) electrons. The number of nitrogens with one attached hydrogen (secondary N) is 1. The predicted molar refractivity (Wildman–Crippen MR) is 65.2 cm³/mol. The van der Waals surface area contributed by atoms with Gasteiger partial charge in [0.2, 0.25) is 0 Å². The monoisotopic (exact) mass is 233 g/mol. The molecule has 2 rings (SSSR count). The van der Waals surface area contributed by atoms with E-state index >= 15 is 0 Å². The maximum Gasteiger partial charge on any atom is 0.162 e. The molecular formula is C12H15N3O2. The SMILES string of the molecule is COc1cccc(CNc2cnn(C)c2)c1O. The summed E-state index contributed by atoms with van der Waals surface area (Å²) >= 11 is 0. The highest BCUT2D eigenvalue weighted by Crippen LogP contribution is 2.29. The fraction of sp³-hybridized carbons (Fsp3) is 0.250. The molecule has 90 valence electrons. The number of aryl methyl sites for hydroxylation is 1. The molecule has 5 nitrogen and oxygen atoms in total. The van der Waals surface area contributed by atoms with E-state index in [4.69, 9.17) is 4.74 Å².